The Morgan fingerprint density at radius 1 is 1.15 bits per heavy atom. The first-order chi connectivity index (χ1) is 12.7. The topological polar surface area (TPSA) is 76.7 Å². The molecule has 2 aromatic rings. The second-order valence-corrected chi connectivity index (χ2v) is 6.18. The number of hydrogen-bond acceptors (Lipinski definition) is 5. The molecule has 0 spiro atoms. The van der Waals surface area contributed by atoms with E-state index in [1.54, 1.807) is 0 Å². The lowest BCUT2D eigenvalue weighted by Crippen LogP contribution is -2.42. The molecule has 6 nitrogen and oxygen atoms in total. The molecule has 0 aliphatic carbocycles. The molecule has 26 heavy (non-hydrogen) atoms. The molecule has 0 radical (unpaired) electrons. The molecule has 0 saturated carbocycles. The number of para-hydroxylation sites is 1. The molecule has 2 aromatic carbocycles. The monoisotopic (exact) mass is 354 g/mol. The first-order valence-corrected chi connectivity index (χ1v) is 8.55. The number of rotatable bonds is 6. The van der Waals surface area contributed by atoms with E-state index >= 15 is 0 Å². The number of amides is 1. The highest BCUT2D eigenvalue weighted by molar-refractivity contribution is 5.81. The van der Waals surface area contributed by atoms with Crippen molar-refractivity contribution in [2.24, 2.45) is 0 Å². The van der Waals surface area contributed by atoms with Crippen molar-refractivity contribution in [2.45, 2.75) is 25.0 Å². The molecule has 2 N–H and O–H groups in total. The lowest BCUT2D eigenvalue weighted by Gasteiger charge is -2.20. The highest BCUT2D eigenvalue weighted by atomic mass is 16.6. The normalized spacial score (nSPS) is 16.1. The number of ether oxygens (including phenoxy) is 2. The Bertz CT molecular complexity index is 763. The van der Waals surface area contributed by atoms with Crippen LogP contribution in [0.1, 0.15) is 23.5 Å². The highest BCUT2D eigenvalue weighted by Gasteiger charge is 2.30. The maximum Gasteiger partial charge on any atom is 0.408 e. The molecule has 136 valence electrons. The van der Waals surface area contributed by atoms with Crippen molar-refractivity contribution in [2.75, 3.05) is 19.0 Å². The maximum atomic E-state index is 12.1. The first-order valence-electron chi connectivity index (χ1n) is 8.55. The smallest absolute Gasteiger partial charge is 0.408 e. The largest absolute Gasteiger partial charge is 0.467 e. The zero-order valence-corrected chi connectivity index (χ0v) is 14.6. The molecule has 1 unspecified atom stereocenters. The van der Waals surface area contributed by atoms with Crippen LogP contribution < -0.4 is 10.6 Å². The second kappa shape index (κ2) is 8.38. The molecule has 0 bridgehead atoms. The van der Waals surface area contributed by atoms with Crippen molar-refractivity contribution in [3.63, 3.8) is 0 Å². The number of benzene rings is 2. The van der Waals surface area contributed by atoms with Crippen LogP contribution in [0.5, 0.6) is 0 Å². The minimum absolute atomic E-state index is 0.115. The van der Waals surface area contributed by atoms with Gasteiger partial charge in [0.1, 0.15) is 12.6 Å². The Hall–Kier alpha value is -3.02. The standard InChI is InChI=1S/C20H22N2O4/c1-25-19(23)18(11-15-12-21-17-10-6-5-9-16(15)17)22-20(24)26-13-14-7-3-2-4-8-14/h2-10,15,18,21H,11-13H2,1H3,(H,22,24)/t15?,18-/m0/s1. The molecule has 0 fully saturated rings. The average Bonchev–Trinajstić information content (AvgIpc) is 3.09. The maximum absolute atomic E-state index is 12.1. The summed E-state index contributed by atoms with van der Waals surface area (Å²) in [4.78, 5) is 24.2. The van der Waals surface area contributed by atoms with Gasteiger partial charge < -0.3 is 20.1 Å². The molecule has 2 atom stereocenters. The van der Waals surface area contributed by atoms with Gasteiger partial charge in [-0.2, -0.15) is 0 Å². The summed E-state index contributed by atoms with van der Waals surface area (Å²) in [5.41, 5.74) is 3.08. The van der Waals surface area contributed by atoms with Crippen LogP contribution in [0.2, 0.25) is 0 Å². The van der Waals surface area contributed by atoms with Crippen molar-refractivity contribution >= 4 is 17.7 Å². The Morgan fingerprint density at radius 3 is 2.65 bits per heavy atom. The molecule has 1 aliphatic rings. The number of carbonyl (C=O) groups excluding carboxylic acids is 2. The van der Waals surface area contributed by atoms with Gasteiger partial charge in [0.25, 0.3) is 0 Å². The number of esters is 1. The summed E-state index contributed by atoms with van der Waals surface area (Å²) in [7, 11) is 1.31. The van der Waals surface area contributed by atoms with E-state index in [1.165, 1.54) is 7.11 Å². The van der Waals surface area contributed by atoms with Gasteiger partial charge in [-0.1, -0.05) is 48.5 Å². The molecule has 1 amide bonds. The molecule has 3 rings (SSSR count). The molecule has 0 aromatic heterocycles. The summed E-state index contributed by atoms with van der Waals surface area (Å²) in [6.45, 7) is 0.863. The van der Waals surface area contributed by atoms with Crippen LogP contribution in [-0.4, -0.2) is 31.8 Å². The SMILES string of the molecule is COC(=O)[C@H](CC1CNc2ccccc21)NC(=O)OCc1ccccc1. The summed E-state index contributed by atoms with van der Waals surface area (Å²) >= 11 is 0. The molecule has 0 saturated heterocycles. The molecule has 1 aliphatic heterocycles. The number of alkyl carbamates (subject to hydrolysis) is 1. The summed E-state index contributed by atoms with van der Waals surface area (Å²) in [6, 6.07) is 16.6. The minimum atomic E-state index is -0.763. The van der Waals surface area contributed by atoms with Gasteiger partial charge >= 0.3 is 12.1 Å². The van der Waals surface area contributed by atoms with E-state index in [0.29, 0.717) is 13.0 Å². The molecule has 6 heteroatoms. The Morgan fingerprint density at radius 2 is 1.88 bits per heavy atom. The van der Waals surface area contributed by atoms with Gasteiger partial charge in [0.15, 0.2) is 0 Å². The zero-order valence-electron chi connectivity index (χ0n) is 14.6. The summed E-state index contributed by atoms with van der Waals surface area (Å²) in [5, 5.41) is 5.95. The Kier molecular flexibility index (Phi) is 5.73. The second-order valence-electron chi connectivity index (χ2n) is 6.18. The van der Waals surface area contributed by atoms with Gasteiger partial charge in [0.05, 0.1) is 7.11 Å². The van der Waals surface area contributed by atoms with Gasteiger partial charge in [-0.05, 0) is 23.6 Å². The molecular formula is C20H22N2O4. The van der Waals surface area contributed by atoms with Crippen LogP contribution in [0.3, 0.4) is 0 Å². The zero-order chi connectivity index (χ0) is 18.4. The summed E-state index contributed by atoms with van der Waals surface area (Å²) in [6.07, 6.45) is -0.194. The number of nitrogens with one attached hydrogen (secondary N) is 2. The van der Waals surface area contributed by atoms with Gasteiger partial charge in [0.2, 0.25) is 0 Å². The molecule has 1 heterocycles. The predicted molar refractivity (Wildman–Crippen MR) is 97.9 cm³/mol. The average molecular weight is 354 g/mol. The third kappa shape index (κ3) is 4.33. The number of fused-ring (bicyclic) bond motifs is 1. The molecular weight excluding hydrogens is 332 g/mol. The van der Waals surface area contributed by atoms with Crippen LogP contribution in [0.15, 0.2) is 54.6 Å². The Balaban J connectivity index is 1.60. The van der Waals surface area contributed by atoms with Crippen LogP contribution in [0.4, 0.5) is 10.5 Å². The van der Waals surface area contributed by atoms with E-state index in [9.17, 15) is 9.59 Å². The summed E-state index contributed by atoms with van der Waals surface area (Å²) in [5.74, 6) is -0.365. The van der Waals surface area contributed by atoms with E-state index < -0.39 is 18.1 Å². The predicted octanol–water partition coefficient (Wildman–Crippen LogP) is 3.05. The lowest BCUT2D eigenvalue weighted by atomic mass is 9.94. The minimum Gasteiger partial charge on any atom is -0.467 e. The fourth-order valence-corrected chi connectivity index (χ4v) is 3.12. The lowest BCUT2D eigenvalue weighted by molar-refractivity contribution is -0.143. The fraction of sp³-hybridized carbons (Fsp3) is 0.300. The van der Waals surface area contributed by atoms with Crippen molar-refractivity contribution in [1.29, 1.82) is 0 Å². The van der Waals surface area contributed by atoms with E-state index in [1.807, 2.05) is 54.6 Å². The van der Waals surface area contributed by atoms with Crippen molar-refractivity contribution < 1.29 is 19.1 Å². The van der Waals surface area contributed by atoms with Gasteiger partial charge in [-0.15, -0.1) is 0 Å². The van der Waals surface area contributed by atoms with E-state index in [2.05, 4.69) is 10.6 Å². The van der Waals surface area contributed by atoms with Crippen molar-refractivity contribution in [3.8, 4) is 0 Å². The van der Waals surface area contributed by atoms with E-state index in [-0.39, 0.29) is 12.5 Å². The van der Waals surface area contributed by atoms with Crippen LogP contribution in [-0.2, 0) is 20.9 Å². The van der Waals surface area contributed by atoms with Gasteiger partial charge in [0, 0.05) is 18.2 Å². The van der Waals surface area contributed by atoms with Crippen LogP contribution in [0, 0.1) is 0 Å². The van der Waals surface area contributed by atoms with E-state index in [4.69, 9.17) is 9.47 Å². The quantitative estimate of drug-likeness (QED) is 0.780. The van der Waals surface area contributed by atoms with Gasteiger partial charge in [-0.3, -0.25) is 0 Å². The Labute approximate surface area is 152 Å². The third-order valence-corrected chi connectivity index (χ3v) is 4.45. The van der Waals surface area contributed by atoms with Crippen molar-refractivity contribution in [1.82, 2.24) is 5.32 Å². The first kappa shape index (κ1) is 17.8. The third-order valence-electron chi connectivity index (χ3n) is 4.45. The highest BCUT2D eigenvalue weighted by Crippen LogP contribution is 2.34. The van der Waals surface area contributed by atoms with Crippen LogP contribution in [0.25, 0.3) is 0 Å². The fourth-order valence-electron chi connectivity index (χ4n) is 3.12. The summed E-state index contributed by atoms with van der Waals surface area (Å²) < 4.78 is 10.1. The van der Waals surface area contributed by atoms with Crippen LogP contribution >= 0.6 is 0 Å². The van der Waals surface area contributed by atoms with E-state index in [0.717, 1.165) is 16.8 Å². The van der Waals surface area contributed by atoms with Crippen molar-refractivity contribution in [3.05, 3.63) is 65.7 Å². The number of anilines is 1. The number of methoxy groups -OCH3 is 1. The van der Waals surface area contributed by atoms with Gasteiger partial charge in [-0.25, -0.2) is 9.59 Å². The number of hydrogen-bond donors (Lipinski definition) is 2. The number of carbonyl (C=O) groups is 2.